The molecule has 0 saturated carbocycles. The van der Waals surface area contributed by atoms with E-state index in [0.717, 1.165) is 24.0 Å². The summed E-state index contributed by atoms with van der Waals surface area (Å²) in [4.78, 5) is 32.0. The van der Waals surface area contributed by atoms with Gasteiger partial charge in [0.15, 0.2) is 0 Å². The molecule has 5 nitrogen and oxygen atoms in total. The molecule has 4 rings (SSSR count). The standard InChI is InChI=1S/C24H27ClFN3O2/c25-21-16-20(26)10-9-19(21)17-27-12-14-28(15-13-27)24(31)23(18-6-2-1-3-7-18)29-11-5-4-8-22(29)30/h1-3,6-7,9-10,16,23H,4-5,8,11-15,17H2. The fourth-order valence-electron chi connectivity index (χ4n) is 4.38. The molecule has 2 heterocycles. The molecule has 0 spiro atoms. The van der Waals surface area contributed by atoms with Crippen LogP contribution in [0.25, 0.3) is 0 Å². The number of amides is 2. The summed E-state index contributed by atoms with van der Waals surface area (Å²) >= 11 is 6.17. The van der Waals surface area contributed by atoms with Crippen LogP contribution < -0.4 is 0 Å². The van der Waals surface area contributed by atoms with Gasteiger partial charge in [0.2, 0.25) is 11.8 Å². The molecule has 7 heteroatoms. The van der Waals surface area contributed by atoms with Crippen LogP contribution in [0.4, 0.5) is 4.39 Å². The number of rotatable bonds is 5. The van der Waals surface area contributed by atoms with Gasteiger partial charge in [-0.25, -0.2) is 4.39 Å². The Labute approximate surface area is 187 Å². The Balaban J connectivity index is 1.44. The van der Waals surface area contributed by atoms with E-state index in [0.29, 0.717) is 50.7 Å². The Kier molecular flexibility index (Phi) is 6.88. The van der Waals surface area contributed by atoms with Gasteiger partial charge in [-0.05, 0) is 36.1 Å². The van der Waals surface area contributed by atoms with Crippen LogP contribution in [-0.2, 0) is 16.1 Å². The highest BCUT2D eigenvalue weighted by molar-refractivity contribution is 6.31. The van der Waals surface area contributed by atoms with Crippen LogP contribution in [0.3, 0.4) is 0 Å². The van der Waals surface area contributed by atoms with Crippen LogP contribution in [0.15, 0.2) is 48.5 Å². The molecule has 0 bridgehead atoms. The van der Waals surface area contributed by atoms with Crippen LogP contribution in [0.5, 0.6) is 0 Å². The first-order valence-corrected chi connectivity index (χ1v) is 11.2. The minimum Gasteiger partial charge on any atom is -0.338 e. The highest BCUT2D eigenvalue weighted by atomic mass is 35.5. The van der Waals surface area contributed by atoms with Crippen molar-refractivity contribution >= 4 is 23.4 Å². The number of hydrogen-bond acceptors (Lipinski definition) is 3. The lowest BCUT2D eigenvalue weighted by Gasteiger charge is -2.40. The van der Waals surface area contributed by atoms with Gasteiger partial charge in [0.25, 0.3) is 0 Å². The van der Waals surface area contributed by atoms with E-state index in [-0.39, 0.29) is 17.6 Å². The normalized spacial score (nSPS) is 18.8. The number of nitrogens with zero attached hydrogens (tertiary/aromatic N) is 3. The van der Waals surface area contributed by atoms with Crippen LogP contribution >= 0.6 is 11.6 Å². The van der Waals surface area contributed by atoms with Gasteiger partial charge in [-0.3, -0.25) is 14.5 Å². The van der Waals surface area contributed by atoms with E-state index in [2.05, 4.69) is 4.90 Å². The Morgan fingerprint density at radius 3 is 2.42 bits per heavy atom. The molecule has 0 N–H and O–H groups in total. The number of piperidine rings is 1. The largest absolute Gasteiger partial charge is 0.338 e. The third-order valence-electron chi connectivity index (χ3n) is 6.11. The summed E-state index contributed by atoms with van der Waals surface area (Å²) in [5.74, 6) is -0.303. The van der Waals surface area contributed by atoms with Crippen molar-refractivity contribution in [3.8, 4) is 0 Å². The zero-order valence-electron chi connectivity index (χ0n) is 17.5. The number of piperazine rings is 1. The second kappa shape index (κ2) is 9.79. The number of likely N-dealkylation sites (tertiary alicyclic amines) is 1. The topological polar surface area (TPSA) is 43.9 Å². The van der Waals surface area contributed by atoms with E-state index in [1.54, 1.807) is 11.0 Å². The molecule has 2 fully saturated rings. The van der Waals surface area contributed by atoms with Crippen LogP contribution in [0.1, 0.15) is 36.4 Å². The summed E-state index contributed by atoms with van der Waals surface area (Å²) in [6, 6.07) is 13.5. The minimum atomic E-state index is -0.563. The molecule has 2 amide bonds. The summed E-state index contributed by atoms with van der Waals surface area (Å²) in [5, 5.41) is 0.422. The van der Waals surface area contributed by atoms with E-state index < -0.39 is 6.04 Å². The molecule has 164 valence electrons. The van der Waals surface area contributed by atoms with Gasteiger partial charge in [-0.1, -0.05) is 48.0 Å². The van der Waals surface area contributed by atoms with E-state index in [1.807, 2.05) is 35.2 Å². The maximum absolute atomic E-state index is 13.6. The molecule has 1 atom stereocenters. The zero-order chi connectivity index (χ0) is 21.8. The molecule has 0 radical (unpaired) electrons. The summed E-state index contributed by atoms with van der Waals surface area (Å²) in [5.41, 5.74) is 1.74. The van der Waals surface area contributed by atoms with Gasteiger partial charge < -0.3 is 9.80 Å². The van der Waals surface area contributed by atoms with Crippen molar-refractivity contribution < 1.29 is 14.0 Å². The van der Waals surface area contributed by atoms with E-state index in [4.69, 9.17) is 11.6 Å². The first-order valence-electron chi connectivity index (χ1n) is 10.8. The lowest BCUT2D eigenvalue weighted by atomic mass is 9.99. The maximum atomic E-state index is 13.6. The van der Waals surface area contributed by atoms with Crippen molar-refractivity contribution in [1.29, 1.82) is 0 Å². The zero-order valence-corrected chi connectivity index (χ0v) is 18.2. The van der Waals surface area contributed by atoms with Crippen molar-refractivity contribution in [2.75, 3.05) is 32.7 Å². The highest BCUT2D eigenvalue weighted by Gasteiger charge is 2.36. The fraction of sp³-hybridized carbons (Fsp3) is 0.417. The van der Waals surface area contributed by atoms with Crippen LogP contribution in [0.2, 0.25) is 5.02 Å². The van der Waals surface area contributed by atoms with Gasteiger partial charge >= 0.3 is 0 Å². The minimum absolute atomic E-state index is 0.0130. The van der Waals surface area contributed by atoms with E-state index in [1.165, 1.54) is 12.1 Å². The van der Waals surface area contributed by atoms with Crippen molar-refractivity contribution in [3.05, 3.63) is 70.5 Å². The third kappa shape index (κ3) is 5.08. The van der Waals surface area contributed by atoms with E-state index >= 15 is 0 Å². The van der Waals surface area contributed by atoms with Gasteiger partial charge in [-0.15, -0.1) is 0 Å². The molecule has 1 unspecified atom stereocenters. The van der Waals surface area contributed by atoms with Gasteiger partial charge in [-0.2, -0.15) is 0 Å². The van der Waals surface area contributed by atoms with Gasteiger partial charge in [0.1, 0.15) is 11.9 Å². The van der Waals surface area contributed by atoms with Gasteiger partial charge in [0.05, 0.1) is 0 Å². The average molecular weight is 444 g/mol. The smallest absolute Gasteiger partial charge is 0.250 e. The van der Waals surface area contributed by atoms with Gasteiger partial charge in [0, 0.05) is 50.7 Å². The van der Waals surface area contributed by atoms with Crippen LogP contribution in [0, 0.1) is 5.82 Å². The maximum Gasteiger partial charge on any atom is 0.250 e. The first-order chi connectivity index (χ1) is 15.0. The predicted molar refractivity (Wildman–Crippen MR) is 118 cm³/mol. The molecule has 2 aliphatic heterocycles. The molecule has 2 saturated heterocycles. The lowest BCUT2D eigenvalue weighted by molar-refractivity contribution is -0.148. The predicted octanol–water partition coefficient (Wildman–Crippen LogP) is 3.88. The summed E-state index contributed by atoms with van der Waals surface area (Å²) in [6.45, 7) is 3.82. The number of carbonyl (C=O) groups excluding carboxylic acids is 2. The Hall–Kier alpha value is -2.44. The number of halogens is 2. The molecule has 0 aromatic heterocycles. The SMILES string of the molecule is O=C(C(c1ccccc1)N1CCCCC1=O)N1CCN(Cc2ccc(F)cc2Cl)CC1. The molecule has 2 aliphatic rings. The van der Waals surface area contributed by atoms with Crippen molar-refractivity contribution in [2.24, 2.45) is 0 Å². The van der Waals surface area contributed by atoms with Crippen molar-refractivity contribution in [1.82, 2.24) is 14.7 Å². The Bertz CT molecular complexity index is 932. The molecular formula is C24H27ClFN3O2. The lowest BCUT2D eigenvalue weighted by Crippen LogP contribution is -2.53. The second-order valence-electron chi connectivity index (χ2n) is 8.19. The highest BCUT2D eigenvalue weighted by Crippen LogP contribution is 2.28. The second-order valence-corrected chi connectivity index (χ2v) is 8.60. The monoisotopic (exact) mass is 443 g/mol. The fourth-order valence-corrected chi connectivity index (χ4v) is 4.61. The average Bonchev–Trinajstić information content (AvgIpc) is 2.78. The van der Waals surface area contributed by atoms with E-state index in [9.17, 15) is 14.0 Å². The summed E-state index contributed by atoms with van der Waals surface area (Å²) < 4.78 is 13.3. The Morgan fingerprint density at radius 1 is 1.00 bits per heavy atom. The molecule has 2 aromatic rings. The molecule has 31 heavy (non-hydrogen) atoms. The Morgan fingerprint density at radius 2 is 1.74 bits per heavy atom. The summed E-state index contributed by atoms with van der Waals surface area (Å²) in [6.07, 6.45) is 2.31. The first kappa shape index (κ1) is 21.8. The quantitative estimate of drug-likeness (QED) is 0.704. The van der Waals surface area contributed by atoms with Crippen molar-refractivity contribution in [3.63, 3.8) is 0 Å². The molecular weight excluding hydrogens is 417 g/mol. The third-order valence-corrected chi connectivity index (χ3v) is 6.47. The number of hydrogen-bond donors (Lipinski definition) is 0. The van der Waals surface area contributed by atoms with Crippen molar-refractivity contribution in [2.45, 2.75) is 31.8 Å². The van der Waals surface area contributed by atoms with Crippen LogP contribution in [-0.4, -0.2) is 59.2 Å². The molecule has 2 aromatic carbocycles. The number of carbonyl (C=O) groups is 2. The molecule has 0 aliphatic carbocycles. The number of benzene rings is 2. The summed E-state index contributed by atoms with van der Waals surface area (Å²) in [7, 11) is 0.